The lowest BCUT2D eigenvalue weighted by Gasteiger charge is -2.22. The van der Waals surface area contributed by atoms with Crippen molar-refractivity contribution in [3.05, 3.63) is 35.4 Å². The molecule has 2 aliphatic rings. The zero-order valence-electron chi connectivity index (χ0n) is 9.33. The highest BCUT2D eigenvalue weighted by atomic mass is 19.1. The molecule has 0 aromatic heterocycles. The quantitative estimate of drug-likeness (QED) is 0.735. The molecule has 2 saturated heterocycles. The molecule has 90 valence electrons. The lowest BCUT2D eigenvalue weighted by atomic mass is 10.0. The Morgan fingerprint density at radius 3 is 2.29 bits per heavy atom. The molecule has 0 unspecified atom stereocenters. The molecule has 0 aliphatic carbocycles. The zero-order chi connectivity index (χ0) is 12.0. The summed E-state index contributed by atoms with van der Waals surface area (Å²) in [6, 6.07) is 3.51. The first-order valence-electron chi connectivity index (χ1n) is 5.94. The van der Waals surface area contributed by atoms with Gasteiger partial charge in [0.15, 0.2) is 0 Å². The van der Waals surface area contributed by atoms with Gasteiger partial charge in [0.2, 0.25) is 0 Å². The van der Waals surface area contributed by atoms with E-state index in [0.717, 1.165) is 43.9 Å². The molecule has 17 heavy (non-hydrogen) atoms. The van der Waals surface area contributed by atoms with Gasteiger partial charge in [-0.3, -0.25) is 4.79 Å². The van der Waals surface area contributed by atoms with E-state index in [9.17, 15) is 13.6 Å². The molecule has 1 aromatic rings. The molecular weight excluding hydrogens is 224 g/mol. The van der Waals surface area contributed by atoms with Crippen LogP contribution in [0, 0.1) is 11.6 Å². The summed E-state index contributed by atoms with van der Waals surface area (Å²) in [5.41, 5.74) is -0.135. The molecule has 2 nitrogen and oxygen atoms in total. The minimum atomic E-state index is -0.636. The Kier molecular flexibility index (Phi) is 2.38. The second-order valence-corrected chi connectivity index (χ2v) is 4.80. The second-order valence-electron chi connectivity index (χ2n) is 4.80. The molecule has 1 aromatic carbocycles. The van der Waals surface area contributed by atoms with Crippen molar-refractivity contribution in [2.24, 2.45) is 0 Å². The second kappa shape index (κ2) is 3.79. The Morgan fingerprint density at radius 2 is 1.71 bits per heavy atom. The molecule has 2 fully saturated rings. The Balaban J connectivity index is 1.94. The van der Waals surface area contributed by atoms with Crippen LogP contribution in [0.5, 0.6) is 0 Å². The Labute approximate surface area is 98.2 Å². The zero-order valence-corrected chi connectivity index (χ0v) is 9.33. The van der Waals surface area contributed by atoms with Gasteiger partial charge >= 0.3 is 0 Å². The summed E-state index contributed by atoms with van der Waals surface area (Å²) < 4.78 is 26.6. The van der Waals surface area contributed by atoms with Gasteiger partial charge in [-0.05, 0) is 43.9 Å². The van der Waals surface area contributed by atoms with Gasteiger partial charge in [-0.1, -0.05) is 0 Å². The molecule has 0 N–H and O–H groups in total. The van der Waals surface area contributed by atoms with Crippen molar-refractivity contribution in [3.63, 3.8) is 0 Å². The molecule has 4 heteroatoms. The van der Waals surface area contributed by atoms with E-state index in [1.165, 1.54) is 0 Å². The van der Waals surface area contributed by atoms with Gasteiger partial charge in [-0.2, -0.15) is 0 Å². The minimum Gasteiger partial charge on any atom is -0.333 e. The first-order chi connectivity index (χ1) is 8.16. The van der Waals surface area contributed by atoms with Crippen LogP contribution < -0.4 is 0 Å². The highest BCUT2D eigenvalue weighted by Gasteiger charge is 2.42. The van der Waals surface area contributed by atoms with Crippen molar-refractivity contribution >= 4 is 5.91 Å². The van der Waals surface area contributed by atoms with Gasteiger partial charge in [-0.25, -0.2) is 8.78 Å². The topological polar surface area (TPSA) is 20.3 Å². The minimum absolute atomic E-state index is 0.135. The maximum Gasteiger partial charge on any atom is 0.257 e. The molecular formula is C13H13F2NO. The summed E-state index contributed by atoms with van der Waals surface area (Å²) in [7, 11) is 0. The molecule has 1 amide bonds. The molecule has 0 spiro atoms. The number of carbonyl (C=O) groups is 1. The molecule has 3 rings (SSSR count). The number of carbonyl (C=O) groups excluding carboxylic acids is 1. The van der Waals surface area contributed by atoms with E-state index in [1.807, 2.05) is 0 Å². The molecule has 2 bridgehead atoms. The highest BCUT2D eigenvalue weighted by Crippen LogP contribution is 2.38. The molecule has 2 heterocycles. The van der Waals surface area contributed by atoms with Gasteiger partial charge < -0.3 is 4.90 Å². The number of nitrogens with zero attached hydrogens (tertiary/aromatic N) is 1. The summed E-state index contributed by atoms with van der Waals surface area (Å²) in [5, 5.41) is 0. The predicted octanol–water partition coefficient (Wildman–Crippen LogP) is 2.73. The third-order valence-electron chi connectivity index (χ3n) is 3.85. The SMILES string of the molecule is O=C(c1cc(F)ccc1F)N1C2CCC1CC2. The fraction of sp³-hybridized carbons (Fsp3) is 0.462. The maximum absolute atomic E-state index is 13.5. The van der Waals surface area contributed by atoms with E-state index in [1.54, 1.807) is 4.90 Å². The van der Waals surface area contributed by atoms with Crippen molar-refractivity contribution in [1.29, 1.82) is 0 Å². The van der Waals surface area contributed by atoms with Gasteiger partial charge in [-0.15, -0.1) is 0 Å². The monoisotopic (exact) mass is 237 g/mol. The van der Waals surface area contributed by atoms with Crippen molar-refractivity contribution < 1.29 is 13.6 Å². The van der Waals surface area contributed by atoms with Crippen LogP contribution >= 0.6 is 0 Å². The summed E-state index contributed by atoms with van der Waals surface area (Å²) in [6.45, 7) is 0. The third kappa shape index (κ3) is 1.63. The van der Waals surface area contributed by atoms with Gasteiger partial charge in [0, 0.05) is 12.1 Å². The van der Waals surface area contributed by atoms with E-state index in [-0.39, 0.29) is 23.6 Å². The summed E-state index contributed by atoms with van der Waals surface area (Å²) in [5.74, 6) is -1.56. The standard InChI is InChI=1S/C13H13F2NO/c14-8-1-6-12(15)11(7-8)13(17)16-9-2-3-10(16)5-4-9/h1,6-7,9-10H,2-5H2. The Hall–Kier alpha value is -1.45. The highest BCUT2D eigenvalue weighted by molar-refractivity contribution is 5.95. The smallest absolute Gasteiger partial charge is 0.257 e. The van der Waals surface area contributed by atoms with Crippen LogP contribution in [-0.2, 0) is 0 Å². The third-order valence-corrected chi connectivity index (χ3v) is 3.85. The number of benzene rings is 1. The van der Waals surface area contributed by atoms with Gasteiger partial charge in [0.05, 0.1) is 5.56 Å². The van der Waals surface area contributed by atoms with Gasteiger partial charge in [0.25, 0.3) is 5.91 Å². The number of hydrogen-bond acceptors (Lipinski definition) is 1. The number of hydrogen-bond donors (Lipinski definition) is 0. The van der Waals surface area contributed by atoms with Crippen molar-refractivity contribution in [3.8, 4) is 0 Å². The van der Waals surface area contributed by atoms with Crippen LogP contribution in [0.15, 0.2) is 18.2 Å². The van der Waals surface area contributed by atoms with Crippen LogP contribution in [0.4, 0.5) is 8.78 Å². The Morgan fingerprint density at radius 1 is 1.12 bits per heavy atom. The molecule has 2 aliphatic heterocycles. The van der Waals surface area contributed by atoms with E-state index < -0.39 is 11.6 Å². The van der Waals surface area contributed by atoms with E-state index in [2.05, 4.69) is 0 Å². The molecule has 0 radical (unpaired) electrons. The lowest BCUT2D eigenvalue weighted by Crippen LogP contribution is -2.35. The van der Waals surface area contributed by atoms with Crippen molar-refractivity contribution in [2.75, 3.05) is 0 Å². The van der Waals surface area contributed by atoms with Crippen LogP contribution in [0.1, 0.15) is 36.0 Å². The first kappa shape index (κ1) is 10.7. The maximum atomic E-state index is 13.5. The van der Waals surface area contributed by atoms with Gasteiger partial charge in [0.1, 0.15) is 11.6 Å². The number of fused-ring (bicyclic) bond motifs is 2. The van der Waals surface area contributed by atoms with Crippen molar-refractivity contribution in [2.45, 2.75) is 37.8 Å². The van der Waals surface area contributed by atoms with Crippen LogP contribution in [0.2, 0.25) is 0 Å². The average molecular weight is 237 g/mol. The Bertz CT molecular complexity index is 454. The van der Waals surface area contributed by atoms with Crippen molar-refractivity contribution in [1.82, 2.24) is 4.90 Å². The first-order valence-corrected chi connectivity index (χ1v) is 5.94. The fourth-order valence-electron chi connectivity index (χ4n) is 3.04. The van der Waals surface area contributed by atoms with E-state index >= 15 is 0 Å². The van der Waals surface area contributed by atoms with E-state index in [4.69, 9.17) is 0 Å². The summed E-state index contributed by atoms with van der Waals surface area (Å²) in [6.07, 6.45) is 3.97. The normalized spacial score (nSPS) is 26.6. The van der Waals surface area contributed by atoms with Crippen LogP contribution in [0.3, 0.4) is 0 Å². The molecule has 0 atom stereocenters. The average Bonchev–Trinajstić information content (AvgIpc) is 2.91. The fourth-order valence-corrected chi connectivity index (χ4v) is 3.04. The summed E-state index contributed by atoms with van der Waals surface area (Å²) >= 11 is 0. The predicted molar refractivity (Wildman–Crippen MR) is 58.6 cm³/mol. The number of amides is 1. The number of halogens is 2. The largest absolute Gasteiger partial charge is 0.333 e. The summed E-state index contributed by atoms with van der Waals surface area (Å²) in [4.78, 5) is 13.9. The van der Waals surface area contributed by atoms with Crippen LogP contribution in [0.25, 0.3) is 0 Å². The van der Waals surface area contributed by atoms with Crippen LogP contribution in [-0.4, -0.2) is 22.9 Å². The lowest BCUT2D eigenvalue weighted by molar-refractivity contribution is 0.0724. The molecule has 0 saturated carbocycles. The van der Waals surface area contributed by atoms with E-state index in [0.29, 0.717) is 0 Å². The number of rotatable bonds is 1.